The molecule has 0 spiro atoms. The van der Waals surface area contributed by atoms with Crippen LogP contribution in [0, 0.1) is 5.92 Å². The second-order valence-corrected chi connectivity index (χ2v) is 7.28. The zero-order chi connectivity index (χ0) is 16.2. The summed E-state index contributed by atoms with van der Waals surface area (Å²) in [5.41, 5.74) is 0. The molecular formula is C16H24N4O2S. The number of hydrogen-bond acceptors (Lipinski definition) is 4. The van der Waals surface area contributed by atoms with E-state index in [0.29, 0.717) is 31.6 Å². The molecule has 6 nitrogen and oxygen atoms in total. The Balaban J connectivity index is 1.59. The third-order valence-electron chi connectivity index (χ3n) is 4.68. The molecule has 0 radical (unpaired) electrons. The Labute approximate surface area is 140 Å². The monoisotopic (exact) mass is 336 g/mol. The lowest BCUT2D eigenvalue weighted by Crippen LogP contribution is -2.54. The van der Waals surface area contributed by atoms with Crippen LogP contribution in [0.3, 0.4) is 0 Å². The third-order valence-corrected chi connectivity index (χ3v) is 5.63. The SMILES string of the molecule is CN1CCCC(CNC(=O)N2CCNC(=O)C2)C1c1cccs1. The molecule has 7 heteroatoms. The Morgan fingerprint density at radius 1 is 1.48 bits per heavy atom. The van der Waals surface area contributed by atoms with Crippen LogP contribution in [0.1, 0.15) is 23.8 Å². The van der Waals surface area contributed by atoms with Gasteiger partial charge in [-0.25, -0.2) is 4.79 Å². The number of piperazine rings is 1. The second kappa shape index (κ2) is 7.31. The molecule has 1 aromatic rings. The predicted octanol–water partition coefficient (Wildman–Crippen LogP) is 1.27. The molecule has 2 saturated heterocycles. The number of thiophene rings is 1. The Kier molecular flexibility index (Phi) is 5.17. The molecule has 0 aromatic carbocycles. The number of nitrogens with zero attached hydrogens (tertiary/aromatic N) is 2. The van der Waals surface area contributed by atoms with E-state index in [4.69, 9.17) is 0 Å². The van der Waals surface area contributed by atoms with E-state index in [2.05, 4.69) is 40.1 Å². The highest BCUT2D eigenvalue weighted by atomic mass is 32.1. The van der Waals surface area contributed by atoms with E-state index < -0.39 is 0 Å². The summed E-state index contributed by atoms with van der Waals surface area (Å²) in [5, 5.41) is 7.89. The zero-order valence-electron chi connectivity index (χ0n) is 13.5. The Morgan fingerprint density at radius 3 is 3.09 bits per heavy atom. The highest BCUT2D eigenvalue weighted by Crippen LogP contribution is 2.36. The van der Waals surface area contributed by atoms with E-state index in [1.807, 2.05) is 0 Å². The minimum atomic E-state index is -0.127. The number of carbonyl (C=O) groups is 2. The van der Waals surface area contributed by atoms with Gasteiger partial charge in [-0.05, 0) is 43.8 Å². The van der Waals surface area contributed by atoms with E-state index >= 15 is 0 Å². The van der Waals surface area contributed by atoms with E-state index in [1.165, 1.54) is 4.88 Å². The smallest absolute Gasteiger partial charge is 0.317 e. The number of amides is 3. The van der Waals surface area contributed by atoms with Gasteiger partial charge in [0.25, 0.3) is 0 Å². The van der Waals surface area contributed by atoms with Gasteiger partial charge in [-0.15, -0.1) is 11.3 Å². The van der Waals surface area contributed by atoms with Gasteiger partial charge in [0.05, 0.1) is 0 Å². The van der Waals surface area contributed by atoms with Crippen molar-refractivity contribution in [3.05, 3.63) is 22.4 Å². The van der Waals surface area contributed by atoms with Crippen molar-refractivity contribution in [1.29, 1.82) is 0 Å². The van der Waals surface area contributed by atoms with Gasteiger partial charge in [-0.3, -0.25) is 9.69 Å². The van der Waals surface area contributed by atoms with Crippen LogP contribution in [0.25, 0.3) is 0 Å². The van der Waals surface area contributed by atoms with Crippen LogP contribution in [0.15, 0.2) is 17.5 Å². The lowest BCUT2D eigenvalue weighted by atomic mass is 9.88. The normalized spacial score (nSPS) is 26.0. The summed E-state index contributed by atoms with van der Waals surface area (Å²) in [7, 11) is 2.16. The van der Waals surface area contributed by atoms with Crippen LogP contribution < -0.4 is 10.6 Å². The molecule has 1 aromatic heterocycles. The molecule has 0 aliphatic carbocycles. The maximum absolute atomic E-state index is 12.3. The van der Waals surface area contributed by atoms with Gasteiger partial charge in [-0.1, -0.05) is 6.07 Å². The summed E-state index contributed by atoms with van der Waals surface area (Å²) in [4.78, 5) is 29.0. The summed E-state index contributed by atoms with van der Waals surface area (Å²) in [6.07, 6.45) is 2.28. The van der Waals surface area contributed by atoms with Crippen molar-refractivity contribution in [2.45, 2.75) is 18.9 Å². The summed E-state index contributed by atoms with van der Waals surface area (Å²) >= 11 is 1.78. The largest absolute Gasteiger partial charge is 0.353 e. The number of rotatable bonds is 3. The fraction of sp³-hybridized carbons (Fsp3) is 0.625. The van der Waals surface area contributed by atoms with Crippen molar-refractivity contribution in [1.82, 2.24) is 20.4 Å². The van der Waals surface area contributed by atoms with Gasteiger partial charge in [0.2, 0.25) is 5.91 Å². The molecule has 3 rings (SSSR count). The van der Waals surface area contributed by atoms with Gasteiger partial charge in [0.15, 0.2) is 0 Å². The summed E-state index contributed by atoms with van der Waals surface area (Å²) in [6, 6.07) is 4.51. The van der Waals surface area contributed by atoms with Crippen molar-refractivity contribution in [3.8, 4) is 0 Å². The zero-order valence-corrected chi connectivity index (χ0v) is 14.3. The molecule has 3 amide bonds. The molecule has 0 bridgehead atoms. The minimum Gasteiger partial charge on any atom is -0.353 e. The third kappa shape index (κ3) is 3.84. The van der Waals surface area contributed by atoms with Crippen LogP contribution in [0.2, 0.25) is 0 Å². The molecule has 2 aliphatic rings. The summed E-state index contributed by atoms with van der Waals surface area (Å²) in [6.45, 7) is 3.03. The lowest BCUT2D eigenvalue weighted by molar-refractivity contribution is -0.123. The molecular weight excluding hydrogens is 312 g/mol. The number of likely N-dealkylation sites (tertiary alicyclic amines) is 1. The highest BCUT2D eigenvalue weighted by molar-refractivity contribution is 7.10. The van der Waals surface area contributed by atoms with Crippen LogP contribution in [-0.2, 0) is 4.79 Å². The van der Waals surface area contributed by atoms with Crippen LogP contribution in [0.4, 0.5) is 4.79 Å². The molecule has 0 saturated carbocycles. The molecule has 23 heavy (non-hydrogen) atoms. The second-order valence-electron chi connectivity index (χ2n) is 6.30. The van der Waals surface area contributed by atoms with Gasteiger partial charge in [0, 0.05) is 30.6 Å². The van der Waals surface area contributed by atoms with Gasteiger partial charge >= 0.3 is 6.03 Å². The van der Waals surface area contributed by atoms with Gasteiger partial charge in [-0.2, -0.15) is 0 Å². The van der Waals surface area contributed by atoms with Crippen molar-refractivity contribution in [3.63, 3.8) is 0 Å². The quantitative estimate of drug-likeness (QED) is 0.874. The van der Waals surface area contributed by atoms with Gasteiger partial charge < -0.3 is 15.5 Å². The summed E-state index contributed by atoms with van der Waals surface area (Å²) < 4.78 is 0. The predicted molar refractivity (Wildman–Crippen MR) is 90.4 cm³/mol. The van der Waals surface area contributed by atoms with E-state index in [-0.39, 0.29) is 18.5 Å². The molecule has 3 heterocycles. The first-order valence-electron chi connectivity index (χ1n) is 8.18. The Morgan fingerprint density at radius 2 is 2.35 bits per heavy atom. The fourth-order valence-corrected chi connectivity index (χ4v) is 4.51. The number of nitrogens with one attached hydrogen (secondary N) is 2. The summed E-state index contributed by atoms with van der Waals surface area (Å²) in [5.74, 6) is 0.329. The van der Waals surface area contributed by atoms with E-state index in [9.17, 15) is 9.59 Å². The average Bonchev–Trinajstić information content (AvgIpc) is 3.06. The van der Waals surface area contributed by atoms with Crippen molar-refractivity contribution in [2.24, 2.45) is 5.92 Å². The maximum Gasteiger partial charge on any atom is 0.317 e. The molecule has 2 unspecified atom stereocenters. The van der Waals surface area contributed by atoms with Crippen LogP contribution >= 0.6 is 11.3 Å². The average molecular weight is 336 g/mol. The van der Waals surface area contributed by atoms with E-state index in [0.717, 1.165) is 19.4 Å². The lowest BCUT2D eigenvalue weighted by Gasteiger charge is -2.39. The van der Waals surface area contributed by atoms with Crippen molar-refractivity contribution >= 4 is 23.3 Å². The Bertz CT molecular complexity index is 548. The first kappa shape index (κ1) is 16.3. The van der Waals surface area contributed by atoms with Crippen LogP contribution in [-0.4, -0.2) is 61.5 Å². The molecule has 126 valence electrons. The van der Waals surface area contributed by atoms with Crippen LogP contribution in [0.5, 0.6) is 0 Å². The number of carbonyl (C=O) groups excluding carboxylic acids is 2. The minimum absolute atomic E-state index is 0.0831. The van der Waals surface area contributed by atoms with Crippen molar-refractivity contribution in [2.75, 3.05) is 39.8 Å². The van der Waals surface area contributed by atoms with Gasteiger partial charge in [0.1, 0.15) is 6.54 Å². The maximum atomic E-state index is 12.3. The molecule has 2 atom stereocenters. The standard InChI is InChI=1S/C16H24N4O2S/c1-19-7-2-4-12(15(19)13-5-3-9-23-13)10-18-16(22)20-8-6-17-14(21)11-20/h3,5,9,12,15H,2,4,6-8,10-11H2,1H3,(H,17,21)(H,18,22). The molecule has 2 fully saturated rings. The first-order valence-corrected chi connectivity index (χ1v) is 9.06. The van der Waals surface area contributed by atoms with Crippen molar-refractivity contribution < 1.29 is 9.59 Å². The number of hydrogen-bond donors (Lipinski definition) is 2. The molecule has 2 N–H and O–H groups in total. The highest BCUT2D eigenvalue weighted by Gasteiger charge is 2.32. The number of urea groups is 1. The topological polar surface area (TPSA) is 64.7 Å². The fourth-order valence-electron chi connectivity index (χ4n) is 3.52. The number of piperidine rings is 1. The first-order chi connectivity index (χ1) is 11.1. The van der Waals surface area contributed by atoms with E-state index in [1.54, 1.807) is 16.2 Å². The molecule has 2 aliphatic heterocycles. The Hall–Kier alpha value is -1.60.